The first-order valence-electron chi connectivity index (χ1n) is 25.1. The first-order chi connectivity index (χ1) is 30.6. The van der Waals surface area contributed by atoms with E-state index in [1.54, 1.807) is 0 Å². The van der Waals surface area contributed by atoms with Gasteiger partial charge in [-0.25, -0.2) is 0 Å². The van der Waals surface area contributed by atoms with Crippen LogP contribution in [0.15, 0.2) is 24.3 Å². The number of carbonyl (C=O) groups excluding carboxylic acids is 1. The predicted octanol–water partition coefficient (Wildman–Crippen LogP) is 6.16. The van der Waals surface area contributed by atoms with Crippen LogP contribution in [0.1, 0.15) is 187 Å². The smallest absolute Gasteiger partial charge is 0.220 e. The van der Waals surface area contributed by atoms with Crippen molar-refractivity contribution in [2.75, 3.05) is 19.8 Å². The molecular formula is C49H91NO13. The minimum absolute atomic E-state index is 0.222. The van der Waals surface area contributed by atoms with Crippen LogP contribution in [0.2, 0.25) is 0 Å². The summed E-state index contributed by atoms with van der Waals surface area (Å²) in [6, 6.07) is -0.832. The van der Waals surface area contributed by atoms with Crippen LogP contribution >= 0.6 is 0 Å². The molecule has 12 unspecified atom stereocenters. The molecule has 9 N–H and O–H groups in total. The summed E-state index contributed by atoms with van der Waals surface area (Å²) in [4.78, 5) is 13.2. The summed E-state index contributed by atoms with van der Waals surface area (Å²) in [6.07, 6.45) is 21.8. The van der Waals surface area contributed by atoms with Crippen LogP contribution in [0.25, 0.3) is 0 Å². The van der Waals surface area contributed by atoms with Crippen LogP contribution in [-0.4, -0.2) is 140 Å². The third kappa shape index (κ3) is 24.2. The monoisotopic (exact) mass is 902 g/mol. The zero-order valence-corrected chi connectivity index (χ0v) is 39.1. The molecule has 2 aliphatic heterocycles. The number of carbonyl (C=O) groups is 1. The molecule has 0 aromatic carbocycles. The van der Waals surface area contributed by atoms with Gasteiger partial charge in [0.25, 0.3) is 0 Å². The van der Waals surface area contributed by atoms with Crippen molar-refractivity contribution in [2.45, 2.75) is 261 Å². The van der Waals surface area contributed by atoms with E-state index in [0.717, 1.165) is 77.0 Å². The Morgan fingerprint density at radius 1 is 0.571 bits per heavy atom. The highest BCUT2D eigenvalue weighted by molar-refractivity contribution is 5.76. The number of amides is 1. The molecule has 0 aliphatic carbocycles. The van der Waals surface area contributed by atoms with E-state index >= 15 is 0 Å². The molecule has 2 fully saturated rings. The van der Waals surface area contributed by atoms with Gasteiger partial charge in [-0.15, -0.1) is 0 Å². The van der Waals surface area contributed by atoms with Gasteiger partial charge in [0.2, 0.25) is 5.91 Å². The zero-order valence-electron chi connectivity index (χ0n) is 39.1. The first-order valence-corrected chi connectivity index (χ1v) is 25.1. The fourth-order valence-electron chi connectivity index (χ4n) is 8.27. The van der Waals surface area contributed by atoms with E-state index in [-0.39, 0.29) is 18.9 Å². The second-order valence-corrected chi connectivity index (χ2v) is 17.9. The fourth-order valence-corrected chi connectivity index (χ4v) is 8.27. The molecule has 12 atom stereocenters. The van der Waals surface area contributed by atoms with Crippen LogP contribution in [0.5, 0.6) is 0 Å². The molecule has 0 spiro atoms. The van der Waals surface area contributed by atoms with E-state index < -0.39 is 86.8 Å². The molecule has 2 saturated heterocycles. The van der Waals surface area contributed by atoms with E-state index in [1.807, 2.05) is 0 Å². The topological polar surface area (TPSA) is 228 Å². The van der Waals surface area contributed by atoms with Crippen molar-refractivity contribution >= 4 is 5.91 Å². The largest absolute Gasteiger partial charge is 0.394 e. The Kier molecular flexibility index (Phi) is 33.4. The summed E-state index contributed by atoms with van der Waals surface area (Å²) in [5.74, 6) is -0.222. The first kappa shape index (κ1) is 57.6. The standard InChI is InChI=1S/C49H91NO13/c1-3-5-7-9-11-13-15-17-18-19-21-22-24-26-28-30-32-38(53)37(50-41(54)33-31-29-27-25-23-20-16-14-12-10-8-6-4-2)36-60-48-46(59)44(57)47(40(35-52)62-48)63-49-45(58)43(56)42(55)39(34-51)61-49/h8,10,14,16,37-40,42-49,51-53,55-59H,3-7,9,11-13,15,17-36H2,1-2H3,(H,50,54)/b10-8-,16-14-. The molecule has 0 aromatic rings. The average molecular weight is 902 g/mol. The van der Waals surface area contributed by atoms with Crippen LogP contribution < -0.4 is 5.32 Å². The summed E-state index contributed by atoms with van der Waals surface area (Å²) < 4.78 is 22.7. The van der Waals surface area contributed by atoms with Gasteiger partial charge >= 0.3 is 0 Å². The molecule has 0 bridgehead atoms. The van der Waals surface area contributed by atoms with Gasteiger partial charge in [-0.1, -0.05) is 167 Å². The second-order valence-electron chi connectivity index (χ2n) is 17.9. The number of hydrogen-bond donors (Lipinski definition) is 9. The van der Waals surface area contributed by atoms with Crippen molar-refractivity contribution in [2.24, 2.45) is 0 Å². The number of allylic oxidation sites excluding steroid dienone is 4. The van der Waals surface area contributed by atoms with Crippen LogP contribution in [0, 0.1) is 0 Å². The summed E-state index contributed by atoms with van der Waals surface area (Å²) >= 11 is 0. The average Bonchev–Trinajstić information content (AvgIpc) is 3.28. The molecule has 0 aromatic heterocycles. The van der Waals surface area contributed by atoms with Gasteiger partial charge in [0.1, 0.15) is 48.8 Å². The molecule has 370 valence electrons. The minimum Gasteiger partial charge on any atom is -0.394 e. The Morgan fingerprint density at radius 2 is 1.08 bits per heavy atom. The Balaban J connectivity index is 1.85. The van der Waals surface area contributed by atoms with Gasteiger partial charge in [-0.05, 0) is 38.5 Å². The molecule has 1 amide bonds. The van der Waals surface area contributed by atoms with E-state index in [9.17, 15) is 45.6 Å². The maximum atomic E-state index is 13.2. The maximum absolute atomic E-state index is 13.2. The summed E-state index contributed by atoms with van der Waals surface area (Å²) in [6.45, 7) is 2.77. The summed E-state index contributed by atoms with van der Waals surface area (Å²) in [5.41, 5.74) is 0. The van der Waals surface area contributed by atoms with Gasteiger partial charge in [0.15, 0.2) is 12.6 Å². The van der Waals surface area contributed by atoms with Gasteiger partial charge in [0, 0.05) is 6.42 Å². The third-order valence-corrected chi connectivity index (χ3v) is 12.4. The lowest BCUT2D eigenvalue weighted by Gasteiger charge is -2.46. The van der Waals surface area contributed by atoms with Gasteiger partial charge in [0.05, 0.1) is 32.0 Å². The molecule has 14 heteroatoms. The summed E-state index contributed by atoms with van der Waals surface area (Å²) in [7, 11) is 0. The molecule has 14 nitrogen and oxygen atoms in total. The third-order valence-electron chi connectivity index (χ3n) is 12.4. The number of unbranched alkanes of at least 4 members (excludes halogenated alkanes) is 21. The number of rotatable bonds is 38. The molecule has 2 aliphatic rings. The van der Waals surface area contributed by atoms with Crippen molar-refractivity contribution < 1.29 is 64.6 Å². The predicted molar refractivity (Wildman–Crippen MR) is 245 cm³/mol. The van der Waals surface area contributed by atoms with E-state index in [2.05, 4.69) is 43.5 Å². The fraction of sp³-hybridized carbons (Fsp3) is 0.898. The zero-order chi connectivity index (χ0) is 46.1. The van der Waals surface area contributed by atoms with E-state index in [1.165, 1.54) is 77.0 Å². The highest BCUT2D eigenvalue weighted by Gasteiger charge is 2.51. The Bertz CT molecular complexity index is 1160. The molecule has 63 heavy (non-hydrogen) atoms. The van der Waals surface area contributed by atoms with Crippen LogP contribution in [-0.2, 0) is 23.7 Å². The number of aliphatic hydroxyl groups is 8. The lowest BCUT2D eigenvalue weighted by Crippen LogP contribution is -2.65. The number of hydrogen-bond acceptors (Lipinski definition) is 13. The number of ether oxygens (including phenoxy) is 4. The minimum atomic E-state index is -1.78. The lowest BCUT2D eigenvalue weighted by molar-refractivity contribution is -0.359. The molecule has 0 radical (unpaired) electrons. The van der Waals surface area contributed by atoms with Gasteiger partial charge < -0.3 is 65.1 Å². The molecular weight excluding hydrogens is 811 g/mol. The van der Waals surface area contributed by atoms with Gasteiger partial charge in [-0.3, -0.25) is 4.79 Å². The highest BCUT2D eigenvalue weighted by Crippen LogP contribution is 2.30. The van der Waals surface area contributed by atoms with Crippen molar-refractivity contribution in [1.29, 1.82) is 0 Å². The maximum Gasteiger partial charge on any atom is 0.220 e. The second kappa shape index (κ2) is 36.6. The lowest BCUT2D eigenvalue weighted by atomic mass is 9.97. The van der Waals surface area contributed by atoms with Crippen molar-refractivity contribution in [3.05, 3.63) is 24.3 Å². The Labute approximate surface area is 379 Å². The van der Waals surface area contributed by atoms with Crippen molar-refractivity contribution in [1.82, 2.24) is 5.32 Å². The summed E-state index contributed by atoms with van der Waals surface area (Å²) in [5, 5.41) is 86.8. The highest BCUT2D eigenvalue weighted by atomic mass is 16.7. The molecule has 2 rings (SSSR count). The number of nitrogens with one attached hydrogen (secondary N) is 1. The van der Waals surface area contributed by atoms with Gasteiger partial charge in [-0.2, -0.15) is 0 Å². The Hall–Kier alpha value is -1.53. The van der Waals surface area contributed by atoms with Crippen molar-refractivity contribution in [3.63, 3.8) is 0 Å². The normalized spacial score (nSPS) is 27.7. The molecule has 2 heterocycles. The van der Waals surface area contributed by atoms with Crippen molar-refractivity contribution in [3.8, 4) is 0 Å². The van der Waals surface area contributed by atoms with E-state index in [0.29, 0.717) is 12.8 Å². The quantitative estimate of drug-likeness (QED) is 0.0250. The van der Waals surface area contributed by atoms with Crippen LogP contribution in [0.3, 0.4) is 0 Å². The Morgan fingerprint density at radius 3 is 1.65 bits per heavy atom. The molecule has 0 saturated carbocycles. The van der Waals surface area contributed by atoms with E-state index in [4.69, 9.17) is 18.9 Å². The number of aliphatic hydroxyl groups excluding tert-OH is 8. The SMILES string of the molecule is CCC/C=C\C/C=C\CCCCCCCC(=O)NC(COC1OC(CO)C(OC2OC(CO)C(O)C(O)C2O)C(O)C1O)C(O)CCCCCCCCCCCCCCCCCC. The van der Waals surface area contributed by atoms with Crippen LogP contribution in [0.4, 0.5) is 0 Å².